The van der Waals surface area contributed by atoms with Gasteiger partial charge in [0.05, 0.1) is 13.2 Å². The fraction of sp³-hybridized carbons (Fsp3) is 0.417. The smallest absolute Gasteiger partial charge is 0.325 e. The molecular weight excluding hydrogens is 222 g/mol. The van der Waals surface area contributed by atoms with Crippen molar-refractivity contribution in [3.05, 3.63) is 29.8 Å². The molecule has 0 saturated carbocycles. The maximum atomic E-state index is 11.4. The molecule has 5 nitrogen and oxygen atoms in total. The number of benzene rings is 1. The number of carbonyl (C=O) groups is 1. The molecule has 3 N–H and O–H groups in total. The van der Waals surface area contributed by atoms with E-state index in [9.17, 15) is 4.79 Å². The summed E-state index contributed by atoms with van der Waals surface area (Å²) in [6, 6.07) is 6.16. The van der Waals surface area contributed by atoms with Gasteiger partial charge >= 0.3 is 5.97 Å². The van der Waals surface area contributed by atoms with E-state index in [2.05, 4.69) is 0 Å². The van der Waals surface area contributed by atoms with E-state index in [1.54, 1.807) is 25.3 Å². The molecule has 0 saturated heterocycles. The monoisotopic (exact) mass is 239 g/mol. The highest BCUT2D eigenvalue weighted by Crippen LogP contribution is 2.13. The van der Waals surface area contributed by atoms with Gasteiger partial charge in [-0.2, -0.15) is 0 Å². The van der Waals surface area contributed by atoms with Crippen molar-refractivity contribution in [3.8, 4) is 5.75 Å². The molecule has 0 amide bonds. The molecule has 0 bridgehead atoms. The lowest BCUT2D eigenvalue weighted by Gasteiger charge is -2.13. The summed E-state index contributed by atoms with van der Waals surface area (Å²) >= 11 is 0. The molecule has 0 radical (unpaired) electrons. The van der Waals surface area contributed by atoms with E-state index < -0.39 is 18.1 Å². The van der Waals surface area contributed by atoms with Crippen molar-refractivity contribution in [2.75, 3.05) is 7.11 Å². The number of carbonyl (C=O) groups excluding carboxylic acids is 1. The lowest BCUT2D eigenvalue weighted by Crippen LogP contribution is -2.41. The minimum Gasteiger partial charge on any atom is -0.497 e. The van der Waals surface area contributed by atoms with Gasteiger partial charge < -0.3 is 20.3 Å². The van der Waals surface area contributed by atoms with Crippen molar-refractivity contribution in [1.82, 2.24) is 0 Å². The number of aliphatic hydroxyl groups is 1. The second-order valence-electron chi connectivity index (χ2n) is 3.73. The van der Waals surface area contributed by atoms with E-state index >= 15 is 0 Å². The summed E-state index contributed by atoms with van der Waals surface area (Å²) in [5.41, 5.74) is 6.23. The van der Waals surface area contributed by atoms with Gasteiger partial charge in [0.1, 0.15) is 18.4 Å². The number of nitrogens with two attached hydrogens (primary N) is 1. The maximum Gasteiger partial charge on any atom is 0.325 e. The molecule has 0 spiro atoms. The third-order valence-corrected chi connectivity index (χ3v) is 2.31. The highest BCUT2D eigenvalue weighted by molar-refractivity contribution is 5.76. The van der Waals surface area contributed by atoms with Crippen LogP contribution in [0.4, 0.5) is 0 Å². The fourth-order valence-electron chi connectivity index (χ4n) is 1.21. The van der Waals surface area contributed by atoms with Gasteiger partial charge in [-0.25, -0.2) is 0 Å². The first-order valence-corrected chi connectivity index (χ1v) is 5.28. The highest BCUT2D eigenvalue weighted by atomic mass is 16.5. The number of aliphatic hydroxyl groups excluding tert-OH is 1. The average molecular weight is 239 g/mol. The Morgan fingerprint density at radius 1 is 1.53 bits per heavy atom. The van der Waals surface area contributed by atoms with Crippen LogP contribution in [0.2, 0.25) is 0 Å². The Labute approximate surface area is 100 Å². The summed E-state index contributed by atoms with van der Waals surface area (Å²) in [5, 5.41) is 9.12. The molecule has 0 aromatic heterocycles. The number of esters is 1. The zero-order valence-electron chi connectivity index (χ0n) is 9.92. The predicted octanol–water partition coefficient (Wildman–Crippen LogP) is 0.446. The molecule has 17 heavy (non-hydrogen) atoms. The van der Waals surface area contributed by atoms with Gasteiger partial charge in [-0.15, -0.1) is 0 Å². The lowest BCUT2D eigenvalue weighted by molar-refractivity contribution is -0.149. The molecule has 2 unspecified atom stereocenters. The van der Waals surface area contributed by atoms with E-state index in [1.807, 2.05) is 6.07 Å². The summed E-state index contributed by atoms with van der Waals surface area (Å²) in [4.78, 5) is 11.4. The van der Waals surface area contributed by atoms with Crippen molar-refractivity contribution >= 4 is 5.97 Å². The van der Waals surface area contributed by atoms with Gasteiger partial charge in [0.15, 0.2) is 0 Å². The molecular formula is C12H17NO4. The van der Waals surface area contributed by atoms with E-state index in [-0.39, 0.29) is 6.61 Å². The minimum absolute atomic E-state index is 0.108. The van der Waals surface area contributed by atoms with Crippen LogP contribution in [0.25, 0.3) is 0 Å². The van der Waals surface area contributed by atoms with Crippen LogP contribution in [0, 0.1) is 0 Å². The largest absolute Gasteiger partial charge is 0.497 e. The van der Waals surface area contributed by atoms with Crippen LogP contribution >= 0.6 is 0 Å². The first kappa shape index (κ1) is 13.5. The van der Waals surface area contributed by atoms with Gasteiger partial charge in [-0.05, 0) is 24.6 Å². The zero-order chi connectivity index (χ0) is 12.8. The van der Waals surface area contributed by atoms with Crippen LogP contribution in [0.15, 0.2) is 24.3 Å². The van der Waals surface area contributed by atoms with Crippen molar-refractivity contribution < 1.29 is 19.4 Å². The molecule has 0 heterocycles. The van der Waals surface area contributed by atoms with Gasteiger partial charge in [0.25, 0.3) is 0 Å². The number of hydrogen-bond donors (Lipinski definition) is 2. The minimum atomic E-state index is -1.01. The highest BCUT2D eigenvalue weighted by Gasteiger charge is 2.20. The maximum absolute atomic E-state index is 11.4. The molecule has 0 aliphatic heterocycles. The van der Waals surface area contributed by atoms with E-state index in [1.165, 1.54) is 6.92 Å². The Hall–Kier alpha value is -1.59. The van der Waals surface area contributed by atoms with Crippen LogP contribution in [0.1, 0.15) is 12.5 Å². The van der Waals surface area contributed by atoms with Crippen LogP contribution in [0.3, 0.4) is 0 Å². The Morgan fingerprint density at radius 3 is 2.82 bits per heavy atom. The summed E-state index contributed by atoms with van der Waals surface area (Å²) in [6.45, 7) is 1.55. The molecule has 0 aliphatic rings. The average Bonchev–Trinajstić information content (AvgIpc) is 2.35. The second kappa shape index (κ2) is 6.22. The van der Waals surface area contributed by atoms with E-state index in [0.717, 1.165) is 5.56 Å². The van der Waals surface area contributed by atoms with Crippen LogP contribution in [-0.2, 0) is 16.1 Å². The third-order valence-electron chi connectivity index (χ3n) is 2.31. The number of ether oxygens (including phenoxy) is 2. The van der Waals surface area contributed by atoms with E-state index in [4.69, 9.17) is 20.3 Å². The molecule has 0 aliphatic carbocycles. The summed E-state index contributed by atoms with van der Waals surface area (Å²) in [7, 11) is 1.56. The van der Waals surface area contributed by atoms with Gasteiger partial charge in [0, 0.05) is 0 Å². The quantitative estimate of drug-likeness (QED) is 0.729. The summed E-state index contributed by atoms with van der Waals surface area (Å²) < 4.78 is 10.0. The molecule has 5 heteroatoms. The number of rotatable bonds is 5. The fourth-order valence-corrected chi connectivity index (χ4v) is 1.21. The third kappa shape index (κ3) is 4.05. The predicted molar refractivity (Wildman–Crippen MR) is 62.4 cm³/mol. The molecule has 1 rings (SSSR count). The normalized spacial score (nSPS) is 13.9. The number of hydrogen-bond acceptors (Lipinski definition) is 5. The topological polar surface area (TPSA) is 81.8 Å². The first-order valence-electron chi connectivity index (χ1n) is 5.28. The second-order valence-corrected chi connectivity index (χ2v) is 3.73. The summed E-state index contributed by atoms with van der Waals surface area (Å²) in [5.74, 6) is 0.0705. The van der Waals surface area contributed by atoms with Gasteiger partial charge in [-0.1, -0.05) is 12.1 Å². The van der Waals surface area contributed by atoms with Gasteiger partial charge in [-0.3, -0.25) is 4.79 Å². The zero-order valence-corrected chi connectivity index (χ0v) is 9.92. The standard InChI is InChI=1S/C12H17NO4/c1-8(14)11(13)12(15)17-7-9-4-3-5-10(6-9)16-2/h3-6,8,11,14H,7,13H2,1-2H3. The molecule has 0 fully saturated rings. The first-order chi connectivity index (χ1) is 8.04. The van der Waals surface area contributed by atoms with Crippen molar-refractivity contribution in [2.45, 2.75) is 25.7 Å². The summed E-state index contributed by atoms with van der Waals surface area (Å²) in [6.07, 6.45) is -0.923. The van der Waals surface area contributed by atoms with Crippen molar-refractivity contribution in [3.63, 3.8) is 0 Å². The Morgan fingerprint density at radius 2 is 2.24 bits per heavy atom. The lowest BCUT2D eigenvalue weighted by atomic mass is 10.2. The van der Waals surface area contributed by atoms with Crippen LogP contribution in [-0.4, -0.2) is 30.3 Å². The van der Waals surface area contributed by atoms with Crippen LogP contribution in [0.5, 0.6) is 5.75 Å². The Bertz CT molecular complexity index is 379. The van der Waals surface area contributed by atoms with Crippen molar-refractivity contribution in [1.29, 1.82) is 0 Å². The Balaban J connectivity index is 2.52. The SMILES string of the molecule is COc1cccc(COC(=O)C(N)C(C)O)c1. The number of methoxy groups -OCH3 is 1. The molecule has 1 aromatic rings. The van der Waals surface area contributed by atoms with Crippen molar-refractivity contribution in [2.24, 2.45) is 5.73 Å². The van der Waals surface area contributed by atoms with E-state index in [0.29, 0.717) is 5.75 Å². The molecule has 94 valence electrons. The van der Waals surface area contributed by atoms with Crippen LogP contribution < -0.4 is 10.5 Å². The molecule has 1 aromatic carbocycles. The molecule has 2 atom stereocenters. The van der Waals surface area contributed by atoms with Gasteiger partial charge in [0.2, 0.25) is 0 Å². The Kier molecular flexibility index (Phi) is 4.93.